The molecule has 132 valence electrons. The van der Waals surface area contributed by atoms with Gasteiger partial charge in [-0.05, 0) is 64.2 Å². The lowest BCUT2D eigenvalue weighted by Gasteiger charge is -2.38. The van der Waals surface area contributed by atoms with Crippen LogP contribution in [0.3, 0.4) is 0 Å². The number of hydrogen-bond acceptors (Lipinski definition) is 1. The van der Waals surface area contributed by atoms with Gasteiger partial charge in [0, 0.05) is 0 Å². The first-order chi connectivity index (χ1) is 11.1. The molecule has 0 N–H and O–H groups in total. The second kappa shape index (κ2) is 8.32. The molecule has 0 aromatic carbocycles. The first-order valence-corrected chi connectivity index (χ1v) is 8.04. The highest BCUT2D eigenvalue weighted by molar-refractivity contribution is 5.66. The summed E-state index contributed by atoms with van der Waals surface area (Å²) in [5.74, 6) is 0. The molecule has 0 spiro atoms. The van der Waals surface area contributed by atoms with Crippen molar-refractivity contribution in [3.05, 3.63) is 58.7 Å². The van der Waals surface area contributed by atoms with E-state index in [1.165, 1.54) is 13.0 Å². The van der Waals surface area contributed by atoms with E-state index in [1.807, 2.05) is 13.0 Å². The van der Waals surface area contributed by atoms with Crippen LogP contribution in [0, 0.1) is 5.41 Å². The molecule has 1 aliphatic rings. The molecule has 1 aliphatic carbocycles. The molecule has 0 heterocycles. The van der Waals surface area contributed by atoms with Gasteiger partial charge >= 0.3 is 6.18 Å². The maximum atomic E-state index is 13.5. The zero-order valence-corrected chi connectivity index (χ0v) is 14.7. The van der Waals surface area contributed by atoms with Gasteiger partial charge in [-0.25, -0.2) is 0 Å². The number of halogens is 3. The van der Waals surface area contributed by atoms with Crippen LogP contribution in [-0.2, 0) is 4.79 Å². The fourth-order valence-corrected chi connectivity index (χ4v) is 2.85. The average Bonchev–Trinajstić information content (AvgIpc) is 2.46. The van der Waals surface area contributed by atoms with Crippen molar-refractivity contribution >= 4 is 6.29 Å². The molecule has 0 saturated carbocycles. The SMILES string of the molecule is CC1=C(/C=C/C(C)=C/C=C/C(C)=C/C=O)[C@@](C)(C(F)(F)F)CCC1. The molecule has 0 aliphatic heterocycles. The van der Waals surface area contributed by atoms with Gasteiger partial charge in [-0.15, -0.1) is 0 Å². The van der Waals surface area contributed by atoms with Crippen LogP contribution in [0.5, 0.6) is 0 Å². The number of alkyl halides is 3. The molecule has 0 radical (unpaired) electrons. The first-order valence-electron chi connectivity index (χ1n) is 8.04. The van der Waals surface area contributed by atoms with Gasteiger partial charge in [0.1, 0.15) is 6.29 Å². The van der Waals surface area contributed by atoms with E-state index in [2.05, 4.69) is 0 Å². The van der Waals surface area contributed by atoms with Crippen LogP contribution in [0.25, 0.3) is 0 Å². The van der Waals surface area contributed by atoms with Crippen LogP contribution >= 0.6 is 0 Å². The predicted molar refractivity (Wildman–Crippen MR) is 92.6 cm³/mol. The molecule has 0 bridgehead atoms. The Morgan fingerprint density at radius 1 is 1.12 bits per heavy atom. The fourth-order valence-electron chi connectivity index (χ4n) is 2.85. The van der Waals surface area contributed by atoms with Gasteiger partial charge in [-0.3, -0.25) is 4.79 Å². The van der Waals surface area contributed by atoms with Crippen molar-refractivity contribution in [2.24, 2.45) is 5.41 Å². The molecular formula is C20H25F3O. The van der Waals surface area contributed by atoms with E-state index >= 15 is 0 Å². The number of hydrogen-bond donors (Lipinski definition) is 0. The highest BCUT2D eigenvalue weighted by atomic mass is 19.4. The van der Waals surface area contributed by atoms with Crippen LogP contribution in [0.2, 0.25) is 0 Å². The Balaban J connectivity index is 3.01. The summed E-state index contributed by atoms with van der Waals surface area (Å²) in [7, 11) is 0. The minimum atomic E-state index is -4.25. The third kappa shape index (κ3) is 5.08. The van der Waals surface area contributed by atoms with Gasteiger partial charge in [0.15, 0.2) is 0 Å². The Morgan fingerprint density at radius 3 is 2.33 bits per heavy atom. The molecule has 1 atom stereocenters. The second-order valence-corrected chi connectivity index (χ2v) is 6.53. The fraction of sp³-hybridized carbons (Fsp3) is 0.450. The van der Waals surface area contributed by atoms with Gasteiger partial charge in [-0.2, -0.15) is 13.2 Å². The van der Waals surface area contributed by atoms with Gasteiger partial charge in [0.05, 0.1) is 5.41 Å². The zero-order chi connectivity index (χ0) is 18.4. The lowest BCUT2D eigenvalue weighted by atomic mass is 9.70. The van der Waals surface area contributed by atoms with Gasteiger partial charge < -0.3 is 0 Å². The number of rotatable bonds is 5. The normalized spacial score (nSPS) is 24.3. The maximum absolute atomic E-state index is 13.5. The van der Waals surface area contributed by atoms with Gasteiger partial charge in [-0.1, -0.05) is 41.5 Å². The molecule has 0 saturated heterocycles. The van der Waals surface area contributed by atoms with Crippen LogP contribution in [0.4, 0.5) is 13.2 Å². The predicted octanol–water partition coefficient (Wildman–Crippen LogP) is 6.26. The number of aldehydes is 1. The molecule has 0 aromatic rings. The maximum Gasteiger partial charge on any atom is 0.398 e. The van der Waals surface area contributed by atoms with E-state index < -0.39 is 11.6 Å². The monoisotopic (exact) mass is 338 g/mol. The summed E-state index contributed by atoms with van der Waals surface area (Å²) in [6.07, 6.45) is 8.01. The van der Waals surface area contributed by atoms with Crippen LogP contribution < -0.4 is 0 Å². The molecule has 4 heteroatoms. The molecule has 0 unspecified atom stereocenters. The second-order valence-electron chi connectivity index (χ2n) is 6.53. The third-order valence-electron chi connectivity index (χ3n) is 4.47. The third-order valence-corrected chi connectivity index (χ3v) is 4.47. The summed E-state index contributed by atoms with van der Waals surface area (Å²) in [5, 5.41) is 0. The Morgan fingerprint density at radius 2 is 1.75 bits per heavy atom. The van der Waals surface area contributed by atoms with Crippen LogP contribution in [0.1, 0.15) is 47.0 Å². The average molecular weight is 338 g/mol. The minimum absolute atomic E-state index is 0.131. The molecule has 0 amide bonds. The zero-order valence-electron chi connectivity index (χ0n) is 14.7. The van der Waals surface area contributed by atoms with Crippen LogP contribution in [-0.4, -0.2) is 12.5 Å². The largest absolute Gasteiger partial charge is 0.398 e. The van der Waals surface area contributed by atoms with Gasteiger partial charge in [0.25, 0.3) is 0 Å². The Kier molecular flexibility index (Phi) is 7.00. The Hall–Kier alpha value is -1.84. The van der Waals surface area contributed by atoms with Gasteiger partial charge in [0.2, 0.25) is 0 Å². The Labute approximate surface area is 142 Å². The van der Waals surface area contributed by atoms with Crippen molar-refractivity contribution in [1.82, 2.24) is 0 Å². The van der Waals surface area contributed by atoms with E-state index in [9.17, 15) is 18.0 Å². The van der Waals surface area contributed by atoms with Crippen molar-refractivity contribution in [2.45, 2.75) is 53.1 Å². The summed E-state index contributed by atoms with van der Waals surface area (Å²) in [5.41, 5.74) is 1.08. The molecule has 1 nitrogen and oxygen atoms in total. The number of carbonyl (C=O) groups is 1. The molecule has 0 fully saturated rings. The number of carbonyl (C=O) groups excluding carboxylic acids is 1. The molecular weight excluding hydrogens is 313 g/mol. The quantitative estimate of drug-likeness (QED) is 0.328. The molecule has 1 rings (SSSR count). The first kappa shape index (κ1) is 20.2. The smallest absolute Gasteiger partial charge is 0.299 e. The van der Waals surface area contributed by atoms with E-state index in [0.29, 0.717) is 24.7 Å². The van der Waals surface area contributed by atoms with Crippen molar-refractivity contribution in [3.8, 4) is 0 Å². The lowest BCUT2D eigenvalue weighted by Crippen LogP contribution is -2.38. The van der Waals surface area contributed by atoms with Crippen molar-refractivity contribution in [2.75, 3.05) is 0 Å². The van der Waals surface area contributed by atoms with Crippen molar-refractivity contribution in [1.29, 1.82) is 0 Å². The van der Waals surface area contributed by atoms with Crippen molar-refractivity contribution < 1.29 is 18.0 Å². The van der Waals surface area contributed by atoms with Crippen LogP contribution in [0.15, 0.2) is 58.7 Å². The summed E-state index contributed by atoms with van der Waals surface area (Å²) in [6.45, 7) is 6.72. The topological polar surface area (TPSA) is 17.1 Å². The Bertz CT molecular complexity index is 615. The van der Waals surface area contributed by atoms with E-state index in [4.69, 9.17) is 0 Å². The summed E-state index contributed by atoms with van der Waals surface area (Å²) in [6, 6.07) is 0. The highest BCUT2D eigenvalue weighted by Crippen LogP contribution is 2.52. The summed E-state index contributed by atoms with van der Waals surface area (Å²) in [4.78, 5) is 10.3. The van der Waals surface area contributed by atoms with E-state index in [-0.39, 0.29) is 6.42 Å². The minimum Gasteiger partial charge on any atom is -0.299 e. The lowest BCUT2D eigenvalue weighted by molar-refractivity contribution is -0.206. The molecule has 0 aromatic heterocycles. The van der Waals surface area contributed by atoms with E-state index in [1.54, 1.807) is 38.2 Å². The van der Waals surface area contributed by atoms with Crippen molar-refractivity contribution in [3.63, 3.8) is 0 Å². The standard InChI is InChI=1S/C20H25F3O/c1-15(7-5-8-16(2)12-14-24)10-11-18-17(3)9-6-13-19(18,4)20(21,22)23/h5,7-8,10-12,14H,6,9,13H2,1-4H3/b8-5+,11-10+,15-7+,16-12+/t19-/m0/s1. The number of allylic oxidation sites excluding steroid dienone is 10. The van der Waals surface area contributed by atoms with E-state index in [0.717, 1.165) is 16.7 Å². The molecule has 24 heavy (non-hydrogen) atoms. The highest BCUT2D eigenvalue weighted by Gasteiger charge is 2.53. The summed E-state index contributed by atoms with van der Waals surface area (Å²) < 4.78 is 40.5. The summed E-state index contributed by atoms with van der Waals surface area (Å²) >= 11 is 0.